The van der Waals surface area contributed by atoms with E-state index >= 15 is 0 Å². The van der Waals surface area contributed by atoms with E-state index in [2.05, 4.69) is 10.1 Å². The van der Waals surface area contributed by atoms with Crippen LogP contribution in [-0.4, -0.2) is 38.3 Å². The predicted molar refractivity (Wildman–Crippen MR) is 75.8 cm³/mol. The quantitative estimate of drug-likeness (QED) is 0.859. The van der Waals surface area contributed by atoms with Gasteiger partial charge in [-0.1, -0.05) is 17.7 Å². The Bertz CT molecular complexity index is 608. The number of hydrogen-bond donors (Lipinski definition) is 1. The minimum absolute atomic E-state index is 0.157. The molecule has 0 spiro atoms. The number of carbonyl (C=O) groups is 2. The molecule has 2 aromatic rings. The molecule has 1 aromatic heterocycles. The van der Waals surface area contributed by atoms with E-state index in [4.69, 9.17) is 5.11 Å². The topological polar surface area (TPSA) is 88.3 Å². The first-order valence-corrected chi connectivity index (χ1v) is 6.47. The van der Waals surface area contributed by atoms with Gasteiger partial charge in [0, 0.05) is 12.1 Å². The summed E-state index contributed by atoms with van der Waals surface area (Å²) in [5, 5.41) is 12.9. The van der Waals surface area contributed by atoms with Crippen LogP contribution in [-0.2, 0) is 16.1 Å². The molecule has 0 fully saturated rings. The number of rotatable bonds is 6. The Hall–Kier alpha value is -2.70. The third-order valence-electron chi connectivity index (χ3n) is 2.96. The molecular formula is C14H16N4O3. The van der Waals surface area contributed by atoms with Crippen molar-refractivity contribution in [1.82, 2.24) is 14.8 Å². The fourth-order valence-corrected chi connectivity index (χ4v) is 1.88. The lowest BCUT2D eigenvalue weighted by atomic mass is 10.2. The number of hydrogen-bond acceptors (Lipinski definition) is 4. The van der Waals surface area contributed by atoms with E-state index in [0.29, 0.717) is 12.2 Å². The number of nitrogens with zero attached hydrogens (tertiary/aromatic N) is 4. The van der Waals surface area contributed by atoms with Gasteiger partial charge < -0.3 is 10.0 Å². The third-order valence-corrected chi connectivity index (χ3v) is 2.96. The minimum atomic E-state index is -1.05. The van der Waals surface area contributed by atoms with Crippen molar-refractivity contribution in [2.24, 2.45) is 0 Å². The number of carboxylic acids is 1. The highest BCUT2D eigenvalue weighted by Crippen LogP contribution is 2.16. The van der Waals surface area contributed by atoms with Gasteiger partial charge in [0.15, 0.2) is 0 Å². The second-order valence-electron chi connectivity index (χ2n) is 4.62. The highest BCUT2D eigenvalue weighted by atomic mass is 16.4. The minimum Gasteiger partial charge on any atom is -0.480 e. The number of aryl methyl sites for hydroxylation is 2. The van der Waals surface area contributed by atoms with Gasteiger partial charge in [-0.2, -0.15) is 5.10 Å². The summed E-state index contributed by atoms with van der Waals surface area (Å²) in [6.07, 6.45) is 3.06. The molecule has 2 rings (SSSR count). The van der Waals surface area contributed by atoms with Crippen molar-refractivity contribution >= 4 is 17.6 Å². The molecule has 0 unspecified atom stereocenters. The van der Waals surface area contributed by atoms with Crippen LogP contribution in [0.4, 0.5) is 5.69 Å². The first-order chi connectivity index (χ1) is 10.1. The Morgan fingerprint density at radius 3 is 2.57 bits per heavy atom. The van der Waals surface area contributed by atoms with Gasteiger partial charge in [0.2, 0.25) is 5.91 Å². The van der Waals surface area contributed by atoms with Crippen LogP contribution in [0.2, 0.25) is 0 Å². The molecule has 0 saturated carbocycles. The molecule has 0 aliphatic carbocycles. The first kappa shape index (κ1) is 14.7. The molecule has 1 aromatic carbocycles. The van der Waals surface area contributed by atoms with Crippen molar-refractivity contribution in [3.8, 4) is 0 Å². The van der Waals surface area contributed by atoms with Crippen LogP contribution in [0.5, 0.6) is 0 Å². The average molecular weight is 288 g/mol. The van der Waals surface area contributed by atoms with Crippen molar-refractivity contribution < 1.29 is 14.7 Å². The van der Waals surface area contributed by atoms with Crippen molar-refractivity contribution in [3.05, 3.63) is 42.5 Å². The van der Waals surface area contributed by atoms with Gasteiger partial charge in [-0.25, -0.2) is 4.98 Å². The first-order valence-electron chi connectivity index (χ1n) is 6.47. The summed E-state index contributed by atoms with van der Waals surface area (Å²) in [4.78, 5) is 28.3. The number of anilines is 1. The van der Waals surface area contributed by atoms with E-state index in [1.165, 1.54) is 22.2 Å². The number of amides is 1. The molecule has 0 saturated heterocycles. The molecular weight excluding hydrogens is 272 g/mol. The predicted octanol–water partition coefficient (Wildman–Crippen LogP) is 1.09. The molecule has 7 heteroatoms. The second-order valence-corrected chi connectivity index (χ2v) is 4.62. The number of benzene rings is 1. The molecule has 0 aliphatic rings. The van der Waals surface area contributed by atoms with Crippen LogP contribution in [0.15, 0.2) is 36.9 Å². The fraction of sp³-hybridized carbons (Fsp3) is 0.286. The van der Waals surface area contributed by atoms with E-state index in [1.807, 2.05) is 19.1 Å². The van der Waals surface area contributed by atoms with Crippen LogP contribution in [0.1, 0.15) is 12.0 Å². The van der Waals surface area contributed by atoms with Crippen molar-refractivity contribution in [2.75, 3.05) is 11.4 Å². The average Bonchev–Trinajstić information content (AvgIpc) is 2.96. The molecule has 0 aliphatic heterocycles. The Morgan fingerprint density at radius 1 is 1.29 bits per heavy atom. The number of aliphatic carboxylic acids is 1. The lowest BCUT2D eigenvalue weighted by Gasteiger charge is -2.21. The van der Waals surface area contributed by atoms with Crippen LogP contribution in [0.3, 0.4) is 0 Å². The molecule has 21 heavy (non-hydrogen) atoms. The Balaban J connectivity index is 2.09. The standard InChI is InChI=1S/C14H16N4O3/c1-11-2-4-12(5-3-11)18(8-14(20)21)13(19)6-7-17-10-15-9-16-17/h2-5,9-10H,6-8H2,1H3,(H,20,21). The van der Waals surface area contributed by atoms with Gasteiger partial charge in [-0.3, -0.25) is 14.3 Å². The van der Waals surface area contributed by atoms with E-state index in [0.717, 1.165) is 5.56 Å². The lowest BCUT2D eigenvalue weighted by molar-refractivity contribution is -0.136. The molecule has 110 valence electrons. The summed E-state index contributed by atoms with van der Waals surface area (Å²) in [5.41, 5.74) is 1.62. The maximum atomic E-state index is 12.3. The van der Waals surface area contributed by atoms with Crippen LogP contribution in [0, 0.1) is 6.92 Å². The lowest BCUT2D eigenvalue weighted by Crippen LogP contribution is -2.36. The van der Waals surface area contributed by atoms with Crippen molar-refractivity contribution in [3.63, 3.8) is 0 Å². The summed E-state index contributed by atoms with van der Waals surface area (Å²) < 4.78 is 1.53. The summed E-state index contributed by atoms with van der Waals surface area (Å²) in [7, 11) is 0. The maximum Gasteiger partial charge on any atom is 0.323 e. The maximum absolute atomic E-state index is 12.3. The number of aromatic nitrogens is 3. The van der Waals surface area contributed by atoms with Crippen LogP contribution >= 0.6 is 0 Å². The largest absolute Gasteiger partial charge is 0.480 e. The van der Waals surface area contributed by atoms with Gasteiger partial charge in [0.05, 0.1) is 6.54 Å². The molecule has 1 heterocycles. The number of carbonyl (C=O) groups excluding carboxylic acids is 1. The Kier molecular flexibility index (Phi) is 4.65. The number of carboxylic acid groups (broad SMARTS) is 1. The Morgan fingerprint density at radius 2 is 2.00 bits per heavy atom. The SMILES string of the molecule is Cc1ccc(N(CC(=O)O)C(=O)CCn2cncn2)cc1. The molecule has 0 atom stereocenters. The molecule has 7 nitrogen and oxygen atoms in total. The van der Waals surface area contributed by atoms with E-state index in [9.17, 15) is 9.59 Å². The third kappa shape index (κ3) is 4.13. The fourth-order valence-electron chi connectivity index (χ4n) is 1.88. The second kappa shape index (κ2) is 6.65. The normalized spacial score (nSPS) is 10.3. The monoisotopic (exact) mass is 288 g/mol. The highest BCUT2D eigenvalue weighted by molar-refractivity contribution is 5.97. The van der Waals surface area contributed by atoms with Gasteiger partial charge in [0.25, 0.3) is 0 Å². The van der Waals surface area contributed by atoms with E-state index in [1.54, 1.807) is 12.1 Å². The van der Waals surface area contributed by atoms with Crippen molar-refractivity contribution in [1.29, 1.82) is 0 Å². The zero-order chi connectivity index (χ0) is 15.2. The smallest absolute Gasteiger partial charge is 0.323 e. The van der Waals surface area contributed by atoms with Gasteiger partial charge in [-0.15, -0.1) is 0 Å². The highest BCUT2D eigenvalue weighted by Gasteiger charge is 2.18. The van der Waals surface area contributed by atoms with Crippen LogP contribution in [0.25, 0.3) is 0 Å². The summed E-state index contributed by atoms with van der Waals surface area (Å²) in [5.74, 6) is -1.32. The summed E-state index contributed by atoms with van der Waals surface area (Å²) in [6.45, 7) is 1.93. The van der Waals surface area contributed by atoms with Gasteiger partial charge in [-0.05, 0) is 19.1 Å². The van der Waals surface area contributed by atoms with Gasteiger partial charge >= 0.3 is 5.97 Å². The van der Waals surface area contributed by atoms with Crippen LogP contribution < -0.4 is 4.90 Å². The molecule has 1 amide bonds. The zero-order valence-electron chi connectivity index (χ0n) is 11.6. The van der Waals surface area contributed by atoms with Crippen molar-refractivity contribution in [2.45, 2.75) is 19.9 Å². The Labute approximate surface area is 121 Å². The molecule has 0 radical (unpaired) electrons. The molecule has 0 bridgehead atoms. The summed E-state index contributed by atoms with van der Waals surface area (Å²) in [6, 6.07) is 7.17. The zero-order valence-corrected chi connectivity index (χ0v) is 11.6. The molecule has 1 N–H and O–H groups in total. The summed E-state index contributed by atoms with van der Waals surface area (Å²) >= 11 is 0. The van der Waals surface area contributed by atoms with E-state index < -0.39 is 5.97 Å². The van der Waals surface area contributed by atoms with Gasteiger partial charge in [0.1, 0.15) is 19.2 Å². The van der Waals surface area contributed by atoms with E-state index in [-0.39, 0.29) is 18.9 Å².